The molecule has 0 unspecified atom stereocenters. The molecule has 0 aliphatic rings. The van der Waals surface area contributed by atoms with Crippen LogP contribution in [0.3, 0.4) is 0 Å². The van der Waals surface area contributed by atoms with Crippen LogP contribution in [0.25, 0.3) is 0 Å². The highest BCUT2D eigenvalue weighted by Crippen LogP contribution is 2.34. The molecule has 0 radical (unpaired) electrons. The van der Waals surface area contributed by atoms with E-state index in [4.69, 9.17) is 9.47 Å². The second-order valence-corrected chi connectivity index (χ2v) is 5.32. The quantitative estimate of drug-likeness (QED) is 0.420. The van der Waals surface area contributed by atoms with E-state index in [-0.39, 0.29) is 26.1 Å². The van der Waals surface area contributed by atoms with Crippen molar-refractivity contribution in [3.8, 4) is 0 Å². The molecule has 22 heavy (non-hydrogen) atoms. The Hall–Kier alpha value is -2.10. The highest BCUT2D eigenvalue weighted by Gasteiger charge is 2.48. The van der Waals surface area contributed by atoms with Gasteiger partial charge in [-0.05, 0) is 39.2 Å². The van der Waals surface area contributed by atoms with E-state index in [0.717, 1.165) is 11.1 Å². The highest BCUT2D eigenvalue weighted by molar-refractivity contribution is 6.00. The normalized spacial score (nSPS) is 10.9. The van der Waals surface area contributed by atoms with Crippen LogP contribution in [0.1, 0.15) is 32.8 Å². The molecule has 0 aromatic heterocycles. The third-order valence-corrected chi connectivity index (χ3v) is 3.28. The van der Waals surface area contributed by atoms with Crippen LogP contribution >= 0.6 is 0 Å². The lowest BCUT2D eigenvalue weighted by atomic mass is 9.76. The van der Waals surface area contributed by atoms with Gasteiger partial charge >= 0.3 is 11.9 Å². The first-order chi connectivity index (χ1) is 10.5. The van der Waals surface area contributed by atoms with Crippen molar-refractivity contribution >= 4 is 11.9 Å². The Morgan fingerprint density at radius 2 is 1.55 bits per heavy atom. The van der Waals surface area contributed by atoms with Gasteiger partial charge in [-0.15, -0.1) is 6.58 Å². The van der Waals surface area contributed by atoms with E-state index < -0.39 is 17.4 Å². The van der Waals surface area contributed by atoms with Crippen molar-refractivity contribution in [2.45, 2.75) is 33.6 Å². The Labute approximate surface area is 132 Å². The average Bonchev–Trinajstić information content (AvgIpc) is 2.47. The van der Waals surface area contributed by atoms with Crippen molar-refractivity contribution in [2.75, 3.05) is 13.2 Å². The molecule has 0 bridgehead atoms. The predicted octanol–water partition coefficient (Wildman–Crippen LogP) is 3.31. The Bertz CT molecular complexity index is 501. The Morgan fingerprint density at radius 3 is 1.95 bits per heavy atom. The third kappa shape index (κ3) is 4.45. The predicted molar refractivity (Wildman–Crippen MR) is 85.3 cm³/mol. The Kier molecular flexibility index (Phi) is 6.83. The Morgan fingerprint density at radius 1 is 1.05 bits per heavy atom. The molecule has 1 aromatic carbocycles. The lowest BCUT2D eigenvalue weighted by Crippen LogP contribution is -2.44. The summed E-state index contributed by atoms with van der Waals surface area (Å²) in [5.41, 5.74) is 0.237. The minimum atomic E-state index is -1.38. The number of esters is 2. The maximum Gasteiger partial charge on any atom is 0.324 e. The fourth-order valence-corrected chi connectivity index (χ4v) is 2.43. The number of ether oxygens (including phenoxy) is 2. The first-order valence-electron chi connectivity index (χ1n) is 7.49. The van der Waals surface area contributed by atoms with Crippen LogP contribution in [-0.4, -0.2) is 25.2 Å². The SMILES string of the molecule is C=C(C)CC(Cc1ccccc1)(C(=O)OCC)C(=O)OCC. The zero-order valence-electron chi connectivity index (χ0n) is 13.6. The first-order valence-corrected chi connectivity index (χ1v) is 7.49. The summed E-state index contributed by atoms with van der Waals surface area (Å²) in [7, 11) is 0. The Balaban J connectivity index is 3.26. The molecule has 0 aliphatic heterocycles. The molecular weight excluding hydrogens is 280 g/mol. The zero-order chi connectivity index (χ0) is 16.6. The summed E-state index contributed by atoms with van der Waals surface area (Å²) in [6.45, 7) is 9.51. The van der Waals surface area contributed by atoms with Gasteiger partial charge in [0.05, 0.1) is 13.2 Å². The van der Waals surface area contributed by atoms with Gasteiger partial charge in [-0.3, -0.25) is 9.59 Å². The van der Waals surface area contributed by atoms with Gasteiger partial charge in [0.2, 0.25) is 0 Å². The molecule has 0 heterocycles. The van der Waals surface area contributed by atoms with Gasteiger partial charge in [-0.2, -0.15) is 0 Å². The summed E-state index contributed by atoms with van der Waals surface area (Å²) in [5.74, 6) is -1.11. The summed E-state index contributed by atoms with van der Waals surface area (Å²) in [5, 5.41) is 0. The van der Waals surface area contributed by atoms with Crippen molar-refractivity contribution in [3.05, 3.63) is 48.0 Å². The average molecular weight is 304 g/mol. The molecule has 0 fully saturated rings. The molecule has 120 valence electrons. The molecule has 0 N–H and O–H groups in total. The monoisotopic (exact) mass is 304 g/mol. The van der Waals surface area contributed by atoms with Gasteiger partial charge in [-0.25, -0.2) is 0 Å². The van der Waals surface area contributed by atoms with E-state index >= 15 is 0 Å². The lowest BCUT2D eigenvalue weighted by molar-refractivity contribution is -0.172. The van der Waals surface area contributed by atoms with Gasteiger partial charge in [0.15, 0.2) is 5.41 Å². The third-order valence-electron chi connectivity index (χ3n) is 3.28. The fourth-order valence-electron chi connectivity index (χ4n) is 2.43. The van der Waals surface area contributed by atoms with E-state index in [1.54, 1.807) is 20.8 Å². The number of rotatable bonds is 8. The highest BCUT2D eigenvalue weighted by atomic mass is 16.6. The van der Waals surface area contributed by atoms with Gasteiger partial charge in [0, 0.05) is 0 Å². The fraction of sp³-hybridized carbons (Fsp3) is 0.444. The van der Waals surface area contributed by atoms with Crippen LogP contribution in [0.15, 0.2) is 42.5 Å². The van der Waals surface area contributed by atoms with Gasteiger partial charge in [-0.1, -0.05) is 35.9 Å². The molecule has 1 rings (SSSR count). The lowest BCUT2D eigenvalue weighted by Gasteiger charge is -2.29. The number of allylic oxidation sites excluding steroid dienone is 1. The summed E-state index contributed by atoms with van der Waals surface area (Å²) in [6.07, 6.45) is 0.442. The summed E-state index contributed by atoms with van der Waals surface area (Å²) < 4.78 is 10.3. The number of carbonyl (C=O) groups is 2. The number of benzene rings is 1. The molecule has 0 aliphatic carbocycles. The summed E-state index contributed by atoms with van der Waals surface area (Å²) in [6, 6.07) is 9.39. The van der Waals surface area contributed by atoms with Crippen molar-refractivity contribution in [2.24, 2.45) is 5.41 Å². The van der Waals surface area contributed by atoms with Crippen molar-refractivity contribution in [3.63, 3.8) is 0 Å². The van der Waals surface area contributed by atoms with Crippen LogP contribution in [0, 0.1) is 5.41 Å². The molecule has 0 saturated carbocycles. The molecule has 0 saturated heterocycles. The minimum Gasteiger partial charge on any atom is -0.465 e. The molecule has 0 atom stereocenters. The van der Waals surface area contributed by atoms with Crippen molar-refractivity contribution in [1.82, 2.24) is 0 Å². The molecule has 1 aromatic rings. The van der Waals surface area contributed by atoms with E-state index in [9.17, 15) is 9.59 Å². The molecule has 0 spiro atoms. The topological polar surface area (TPSA) is 52.6 Å². The van der Waals surface area contributed by atoms with E-state index in [1.165, 1.54) is 0 Å². The van der Waals surface area contributed by atoms with Gasteiger partial charge < -0.3 is 9.47 Å². The second-order valence-electron chi connectivity index (χ2n) is 5.32. The number of carbonyl (C=O) groups excluding carboxylic acids is 2. The van der Waals surface area contributed by atoms with Crippen LogP contribution in [0.5, 0.6) is 0 Å². The van der Waals surface area contributed by atoms with Gasteiger partial charge in [0.1, 0.15) is 0 Å². The zero-order valence-corrected chi connectivity index (χ0v) is 13.6. The van der Waals surface area contributed by atoms with Crippen LogP contribution in [0.2, 0.25) is 0 Å². The molecule has 4 nitrogen and oxygen atoms in total. The van der Waals surface area contributed by atoms with Crippen molar-refractivity contribution in [1.29, 1.82) is 0 Å². The van der Waals surface area contributed by atoms with Crippen molar-refractivity contribution < 1.29 is 19.1 Å². The summed E-state index contributed by atoms with van der Waals surface area (Å²) >= 11 is 0. The second kappa shape index (κ2) is 8.37. The maximum absolute atomic E-state index is 12.6. The minimum absolute atomic E-state index is 0.208. The number of hydrogen-bond acceptors (Lipinski definition) is 4. The molecular formula is C18H24O4. The summed E-state index contributed by atoms with van der Waals surface area (Å²) in [4.78, 5) is 25.1. The standard InChI is InChI=1S/C18H24O4/c1-5-21-16(19)18(12-14(3)4,17(20)22-6-2)13-15-10-8-7-9-11-15/h7-11H,3,5-6,12-13H2,1-2,4H3. The first kappa shape index (κ1) is 18.0. The van der Waals surface area contributed by atoms with Crippen LogP contribution < -0.4 is 0 Å². The van der Waals surface area contributed by atoms with E-state index in [2.05, 4.69) is 6.58 Å². The molecule has 0 amide bonds. The van der Waals surface area contributed by atoms with Gasteiger partial charge in [0.25, 0.3) is 0 Å². The van der Waals surface area contributed by atoms with Crippen LogP contribution in [-0.2, 0) is 25.5 Å². The molecule has 4 heteroatoms. The number of hydrogen-bond donors (Lipinski definition) is 0. The van der Waals surface area contributed by atoms with E-state index in [1.807, 2.05) is 30.3 Å². The van der Waals surface area contributed by atoms with Crippen LogP contribution in [0.4, 0.5) is 0 Å². The maximum atomic E-state index is 12.6. The van der Waals surface area contributed by atoms with E-state index in [0.29, 0.717) is 0 Å². The smallest absolute Gasteiger partial charge is 0.324 e. The largest absolute Gasteiger partial charge is 0.465 e.